The molecule has 146 valence electrons. The van der Waals surface area contributed by atoms with Gasteiger partial charge in [-0.15, -0.1) is 0 Å². The quantitative estimate of drug-likeness (QED) is 0.796. The van der Waals surface area contributed by atoms with Crippen LogP contribution >= 0.6 is 0 Å². The van der Waals surface area contributed by atoms with E-state index in [0.717, 1.165) is 30.8 Å². The number of aromatic nitrogens is 1. The second-order valence-electron chi connectivity index (χ2n) is 6.45. The summed E-state index contributed by atoms with van der Waals surface area (Å²) >= 11 is 0. The summed E-state index contributed by atoms with van der Waals surface area (Å²) in [6.45, 7) is 2.99. The van der Waals surface area contributed by atoms with Gasteiger partial charge in [0.25, 0.3) is 0 Å². The van der Waals surface area contributed by atoms with Crippen molar-refractivity contribution in [3.8, 4) is 17.2 Å². The Kier molecular flexibility index (Phi) is 5.85. The summed E-state index contributed by atoms with van der Waals surface area (Å²) in [4.78, 5) is 14.7. The first-order chi connectivity index (χ1) is 13.0. The van der Waals surface area contributed by atoms with E-state index < -0.39 is 0 Å². The Morgan fingerprint density at radius 3 is 2.48 bits per heavy atom. The number of nitrogens with one attached hydrogen (secondary N) is 1. The van der Waals surface area contributed by atoms with Crippen LogP contribution in [0.5, 0.6) is 17.2 Å². The molecule has 1 aromatic carbocycles. The highest BCUT2D eigenvalue weighted by Crippen LogP contribution is 2.40. The van der Waals surface area contributed by atoms with Gasteiger partial charge in [0.2, 0.25) is 11.7 Å². The maximum absolute atomic E-state index is 12.6. The van der Waals surface area contributed by atoms with Gasteiger partial charge in [-0.3, -0.25) is 9.69 Å². The molecule has 0 aliphatic carbocycles. The second-order valence-corrected chi connectivity index (χ2v) is 6.45. The normalized spacial score (nSPS) is 17.0. The number of carbonyl (C=O) groups excluding carboxylic acids is 1. The van der Waals surface area contributed by atoms with E-state index in [2.05, 4.69) is 15.4 Å². The van der Waals surface area contributed by atoms with Crippen molar-refractivity contribution in [3.05, 3.63) is 29.7 Å². The largest absolute Gasteiger partial charge is 0.493 e. The molecule has 2 aromatic rings. The molecule has 27 heavy (non-hydrogen) atoms. The number of hydrogen-bond acceptors (Lipinski definition) is 7. The van der Waals surface area contributed by atoms with E-state index in [9.17, 15) is 4.79 Å². The predicted molar refractivity (Wildman–Crippen MR) is 99.5 cm³/mol. The van der Waals surface area contributed by atoms with Gasteiger partial charge in [0.05, 0.1) is 33.9 Å². The summed E-state index contributed by atoms with van der Waals surface area (Å²) in [5.41, 5.74) is 1.47. The highest BCUT2D eigenvalue weighted by Gasteiger charge is 2.30. The molecule has 1 fully saturated rings. The minimum atomic E-state index is -0.114. The van der Waals surface area contributed by atoms with Crippen LogP contribution in [0, 0.1) is 6.92 Å². The standard InChI is InChI=1S/C19H25N3O5/c1-12-8-14(21-27-12)15-6-5-7-22(15)11-18(23)20-13-9-16(24-2)19(26-4)17(10-13)25-3/h8-10,15H,5-7,11H2,1-4H3,(H,20,23)/t15-/m1/s1. The summed E-state index contributed by atoms with van der Waals surface area (Å²) in [6, 6.07) is 5.46. The highest BCUT2D eigenvalue weighted by atomic mass is 16.5. The van der Waals surface area contributed by atoms with Crippen LogP contribution in [0.1, 0.15) is 30.3 Å². The van der Waals surface area contributed by atoms with E-state index in [0.29, 0.717) is 22.9 Å². The third-order valence-corrected chi connectivity index (χ3v) is 4.65. The number of hydrogen-bond donors (Lipinski definition) is 1. The molecule has 0 saturated carbocycles. The highest BCUT2D eigenvalue weighted by molar-refractivity contribution is 5.93. The zero-order valence-corrected chi connectivity index (χ0v) is 16.1. The average Bonchev–Trinajstić information content (AvgIpc) is 3.29. The molecule has 0 spiro atoms. The van der Waals surface area contributed by atoms with E-state index >= 15 is 0 Å². The molecule has 1 aliphatic heterocycles. The van der Waals surface area contributed by atoms with Gasteiger partial charge < -0.3 is 24.1 Å². The lowest BCUT2D eigenvalue weighted by atomic mass is 10.1. The van der Waals surface area contributed by atoms with Crippen LogP contribution in [0.25, 0.3) is 0 Å². The Morgan fingerprint density at radius 1 is 1.22 bits per heavy atom. The van der Waals surface area contributed by atoms with Crippen LogP contribution in [0.3, 0.4) is 0 Å². The van der Waals surface area contributed by atoms with Gasteiger partial charge in [0.1, 0.15) is 11.5 Å². The number of nitrogens with zero attached hydrogens (tertiary/aromatic N) is 2. The molecule has 0 bridgehead atoms. The van der Waals surface area contributed by atoms with Gasteiger partial charge >= 0.3 is 0 Å². The zero-order chi connectivity index (χ0) is 19.4. The Labute approximate surface area is 158 Å². The average molecular weight is 375 g/mol. The summed E-state index contributed by atoms with van der Waals surface area (Å²) in [7, 11) is 4.62. The first-order valence-electron chi connectivity index (χ1n) is 8.82. The van der Waals surface area contributed by atoms with Gasteiger partial charge in [-0.05, 0) is 26.3 Å². The number of amides is 1. The lowest BCUT2D eigenvalue weighted by molar-refractivity contribution is -0.117. The molecule has 1 N–H and O–H groups in total. The van der Waals surface area contributed by atoms with Crippen molar-refractivity contribution < 1.29 is 23.5 Å². The monoisotopic (exact) mass is 375 g/mol. The fourth-order valence-corrected chi connectivity index (χ4v) is 3.43. The van der Waals surface area contributed by atoms with E-state index in [1.54, 1.807) is 12.1 Å². The minimum Gasteiger partial charge on any atom is -0.493 e. The van der Waals surface area contributed by atoms with E-state index in [4.69, 9.17) is 18.7 Å². The molecule has 0 unspecified atom stereocenters. The number of rotatable bonds is 7. The van der Waals surface area contributed by atoms with Crippen molar-refractivity contribution in [3.63, 3.8) is 0 Å². The van der Waals surface area contributed by atoms with Crippen LogP contribution in [0.15, 0.2) is 22.7 Å². The first kappa shape index (κ1) is 19.0. The molecular formula is C19H25N3O5. The van der Waals surface area contributed by atoms with Crippen LogP contribution < -0.4 is 19.5 Å². The Morgan fingerprint density at radius 2 is 1.93 bits per heavy atom. The summed E-state index contributed by atoms with van der Waals surface area (Å²) in [6.07, 6.45) is 1.98. The first-order valence-corrected chi connectivity index (χ1v) is 8.82. The fourth-order valence-electron chi connectivity index (χ4n) is 3.43. The Balaban J connectivity index is 1.70. The van der Waals surface area contributed by atoms with Crippen LogP contribution in [-0.4, -0.2) is 50.4 Å². The van der Waals surface area contributed by atoms with E-state index in [-0.39, 0.29) is 18.5 Å². The topological polar surface area (TPSA) is 86.1 Å². The van der Waals surface area contributed by atoms with E-state index in [1.165, 1.54) is 21.3 Å². The third kappa shape index (κ3) is 4.16. The van der Waals surface area contributed by atoms with Gasteiger partial charge in [-0.2, -0.15) is 0 Å². The van der Waals surface area contributed by atoms with Gasteiger partial charge in [0.15, 0.2) is 11.5 Å². The number of carbonyl (C=O) groups is 1. The van der Waals surface area contributed by atoms with Gasteiger partial charge in [-0.25, -0.2) is 0 Å². The van der Waals surface area contributed by atoms with E-state index in [1.807, 2.05) is 13.0 Å². The number of benzene rings is 1. The fraction of sp³-hybridized carbons (Fsp3) is 0.474. The molecule has 1 aromatic heterocycles. The molecule has 1 saturated heterocycles. The van der Waals surface area contributed by atoms with Crippen molar-refractivity contribution in [1.82, 2.24) is 10.1 Å². The Bertz CT molecular complexity index is 779. The van der Waals surface area contributed by atoms with Crippen molar-refractivity contribution in [2.24, 2.45) is 0 Å². The number of methoxy groups -OCH3 is 3. The minimum absolute atomic E-state index is 0.105. The number of ether oxygens (including phenoxy) is 3. The summed E-state index contributed by atoms with van der Waals surface area (Å²) in [5, 5.41) is 7.02. The molecule has 0 radical (unpaired) electrons. The maximum Gasteiger partial charge on any atom is 0.238 e. The number of likely N-dealkylation sites (tertiary alicyclic amines) is 1. The number of anilines is 1. The molecule has 1 atom stereocenters. The van der Waals surface area contributed by atoms with Crippen molar-refractivity contribution in [1.29, 1.82) is 0 Å². The second kappa shape index (κ2) is 8.30. The van der Waals surface area contributed by atoms with Crippen LogP contribution in [0.4, 0.5) is 5.69 Å². The molecule has 1 aliphatic rings. The summed E-state index contributed by atoms with van der Waals surface area (Å²) < 4.78 is 21.1. The molecule has 8 heteroatoms. The van der Waals surface area contributed by atoms with Crippen molar-refractivity contribution in [2.75, 3.05) is 39.7 Å². The third-order valence-electron chi connectivity index (χ3n) is 4.65. The molecule has 2 heterocycles. The molecule has 8 nitrogen and oxygen atoms in total. The van der Waals surface area contributed by atoms with Crippen LogP contribution in [-0.2, 0) is 4.79 Å². The predicted octanol–water partition coefficient (Wildman–Crippen LogP) is 2.78. The summed E-state index contributed by atoms with van der Waals surface area (Å²) in [5.74, 6) is 2.13. The smallest absolute Gasteiger partial charge is 0.238 e. The van der Waals surface area contributed by atoms with Gasteiger partial charge in [0, 0.05) is 23.9 Å². The lowest BCUT2D eigenvalue weighted by Gasteiger charge is -2.22. The molecular weight excluding hydrogens is 350 g/mol. The van der Waals surface area contributed by atoms with Crippen LogP contribution in [0.2, 0.25) is 0 Å². The Hall–Kier alpha value is -2.74. The van der Waals surface area contributed by atoms with Crippen molar-refractivity contribution >= 4 is 11.6 Å². The number of aryl methyl sites for hydroxylation is 1. The zero-order valence-electron chi connectivity index (χ0n) is 16.1. The van der Waals surface area contributed by atoms with Crippen molar-refractivity contribution in [2.45, 2.75) is 25.8 Å². The van der Waals surface area contributed by atoms with Gasteiger partial charge in [-0.1, -0.05) is 5.16 Å². The lowest BCUT2D eigenvalue weighted by Crippen LogP contribution is -2.33. The maximum atomic E-state index is 12.6. The molecule has 3 rings (SSSR count). The SMILES string of the molecule is COc1cc(NC(=O)CN2CCC[C@@H]2c2cc(C)on2)cc(OC)c1OC. The molecule has 1 amide bonds.